The van der Waals surface area contributed by atoms with Crippen molar-refractivity contribution in [2.24, 2.45) is 5.92 Å². The molecule has 2 bridgehead atoms. The lowest BCUT2D eigenvalue weighted by atomic mass is 9.83. The zero-order chi connectivity index (χ0) is 18.4. The van der Waals surface area contributed by atoms with Gasteiger partial charge in [0.05, 0.1) is 11.3 Å². The molecule has 0 unspecified atom stereocenters. The van der Waals surface area contributed by atoms with Gasteiger partial charge < -0.3 is 14.8 Å². The molecule has 6 heteroatoms. The number of fused-ring (bicyclic) bond motifs is 4. The average Bonchev–Trinajstić information content (AvgIpc) is 3.23. The molecular weight excluding hydrogens is 340 g/mol. The van der Waals surface area contributed by atoms with Crippen LogP contribution in [0.15, 0.2) is 35.3 Å². The number of amides is 1. The summed E-state index contributed by atoms with van der Waals surface area (Å²) in [5.74, 6) is 0.904. The molecular formula is C21H24N4O2. The summed E-state index contributed by atoms with van der Waals surface area (Å²) in [6.45, 7) is 4.27. The average molecular weight is 364 g/mol. The highest BCUT2D eigenvalue weighted by Crippen LogP contribution is 2.34. The van der Waals surface area contributed by atoms with Gasteiger partial charge in [0.25, 0.3) is 11.5 Å². The first kappa shape index (κ1) is 16.7. The predicted molar refractivity (Wildman–Crippen MR) is 103 cm³/mol. The Labute approximate surface area is 158 Å². The zero-order valence-corrected chi connectivity index (χ0v) is 15.4. The quantitative estimate of drug-likeness (QED) is 0.883. The number of nitrogens with one attached hydrogen (secondary N) is 1. The van der Waals surface area contributed by atoms with E-state index in [1.54, 1.807) is 18.3 Å². The van der Waals surface area contributed by atoms with Crippen LogP contribution in [-0.4, -0.2) is 46.5 Å². The molecule has 2 aromatic heterocycles. The molecule has 5 rings (SSSR count). The monoisotopic (exact) mass is 364 g/mol. The van der Waals surface area contributed by atoms with Gasteiger partial charge in [-0.25, -0.2) is 0 Å². The van der Waals surface area contributed by atoms with Gasteiger partial charge in [-0.3, -0.25) is 14.6 Å². The molecule has 3 aliphatic heterocycles. The summed E-state index contributed by atoms with van der Waals surface area (Å²) in [7, 11) is 0. The largest absolute Gasteiger partial charge is 0.339 e. The van der Waals surface area contributed by atoms with Crippen LogP contribution < -0.4 is 10.9 Å². The smallest absolute Gasteiger partial charge is 0.256 e. The van der Waals surface area contributed by atoms with E-state index in [0.717, 1.165) is 63.2 Å². The maximum atomic E-state index is 13.0. The van der Waals surface area contributed by atoms with Crippen LogP contribution in [0.5, 0.6) is 0 Å². The number of likely N-dealkylation sites (tertiary alicyclic amines) is 1. The summed E-state index contributed by atoms with van der Waals surface area (Å²) in [6, 6.07) is 7.37. The molecule has 1 N–H and O–H groups in total. The Morgan fingerprint density at radius 2 is 2.04 bits per heavy atom. The van der Waals surface area contributed by atoms with Crippen molar-refractivity contribution in [2.75, 3.05) is 26.2 Å². The van der Waals surface area contributed by atoms with E-state index in [2.05, 4.69) is 16.4 Å². The van der Waals surface area contributed by atoms with E-state index in [1.807, 2.05) is 15.5 Å². The summed E-state index contributed by atoms with van der Waals surface area (Å²) in [5, 5.41) is 3.48. The summed E-state index contributed by atoms with van der Waals surface area (Å²) in [5.41, 5.74) is 3.08. The molecule has 3 aliphatic rings. The minimum atomic E-state index is 0.0179. The SMILES string of the molecule is O=C(c1cccnc1-c1cc2n(c(=O)c1)C[C@@H]1CNC[C@H]2C1)N1CCCC1. The summed E-state index contributed by atoms with van der Waals surface area (Å²) in [4.78, 5) is 32.2. The molecule has 2 fully saturated rings. The van der Waals surface area contributed by atoms with Crippen molar-refractivity contribution in [2.45, 2.75) is 31.7 Å². The van der Waals surface area contributed by atoms with Crippen LogP contribution in [0, 0.1) is 5.92 Å². The molecule has 5 heterocycles. The van der Waals surface area contributed by atoms with Crippen LogP contribution in [0.25, 0.3) is 11.3 Å². The van der Waals surface area contributed by atoms with Gasteiger partial charge in [0.2, 0.25) is 0 Å². The van der Waals surface area contributed by atoms with Crippen LogP contribution in [0.3, 0.4) is 0 Å². The number of hydrogen-bond acceptors (Lipinski definition) is 4. The first-order valence-electron chi connectivity index (χ1n) is 9.91. The fraction of sp³-hybridized carbons (Fsp3) is 0.476. The molecule has 1 amide bonds. The minimum absolute atomic E-state index is 0.0179. The topological polar surface area (TPSA) is 67.2 Å². The Kier molecular flexibility index (Phi) is 4.08. The lowest BCUT2D eigenvalue weighted by molar-refractivity contribution is 0.0793. The lowest BCUT2D eigenvalue weighted by Gasteiger charge is -2.37. The number of aromatic nitrogens is 2. The van der Waals surface area contributed by atoms with Gasteiger partial charge in [0.15, 0.2) is 0 Å². The molecule has 0 spiro atoms. The molecule has 27 heavy (non-hydrogen) atoms. The fourth-order valence-electron chi connectivity index (χ4n) is 4.84. The van der Waals surface area contributed by atoms with Gasteiger partial charge in [0.1, 0.15) is 0 Å². The molecule has 0 aliphatic carbocycles. The molecule has 0 radical (unpaired) electrons. The highest BCUT2D eigenvalue weighted by Gasteiger charge is 2.32. The summed E-state index contributed by atoms with van der Waals surface area (Å²) in [6.07, 6.45) is 4.93. The number of hydrogen-bond donors (Lipinski definition) is 1. The maximum absolute atomic E-state index is 13.0. The number of piperidine rings is 1. The number of nitrogens with zero attached hydrogens (tertiary/aromatic N) is 3. The summed E-state index contributed by atoms with van der Waals surface area (Å²) < 4.78 is 1.92. The van der Waals surface area contributed by atoms with E-state index >= 15 is 0 Å². The van der Waals surface area contributed by atoms with Gasteiger partial charge in [-0.2, -0.15) is 0 Å². The highest BCUT2D eigenvalue weighted by atomic mass is 16.2. The Hall–Kier alpha value is -2.47. The molecule has 0 aromatic carbocycles. The van der Waals surface area contributed by atoms with Gasteiger partial charge in [-0.05, 0) is 49.9 Å². The van der Waals surface area contributed by atoms with Gasteiger partial charge in [0, 0.05) is 55.6 Å². The fourth-order valence-corrected chi connectivity index (χ4v) is 4.84. The van der Waals surface area contributed by atoms with E-state index in [-0.39, 0.29) is 11.5 Å². The van der Waals surface area contributed by atoms with E-state index < -0.39 is 0 Å². The third kappa shape index (κ3) is 2.88. The number of rotatable bonds is 2. The maximum Gasteiger partial charge on any atom is 0.256 e. The molecule has 6 nitrogen and oxygen atoms in total. The van der Waals surface area contributed by atoms with Crippen LogP contribution in [-0.2, 0) is 6.54 Å². The molecule has 2 saturated heterocycles. The number of carbonyl (C=O) groups excluding carboxylic acids is 1. The minimum Gasteiger partial charge on any atom is -0.339 e. The van der Waals surface area contributed by atoms with Gasteiger partial charge >= 0.3 is 0 Å². The highest BCUT2D eigenvalue weighted by molar-refractivity contribution is 6.00. The molecule has 140 valence electrons. The van der Waals surface area contributed by atoms with E-state index in [9.17, 15) is 9.59 Å². The van der Waals surface area contributed by atoms with Crippen molar-refractivity contribution < 1.29 is 4.79 Å². The standard InChI is InChI=1S/C21H24N4O2/c26-19-10-15(9-18-16-8-14(11-22-12-16)13-25(18)19)20-17(4-3-5-23-20)21(27)24-6-1-2-7-24/h3-5,9-10,14,16,22H,1-2,6-8,11-13H2/t14-,16+/m0/s1. The Morgan fingerprint density at radius 3 is 2.89 bits per heavy atom. The zero-order valence-electron chi connectivity index (χ0n) is 15.4. The van der Waals surface area contributed by atoms with E-state index in [0.29, 0.717) is 23.1 Å². The van der Waals surface area contributed by atoms with Crippen LogP contribution in [0.2, 0.25) is 0 Å². The molecule has 2 atom stereocenters. The van der Waals surface area contributed by atoms with Crippen molar-refractivity contribution in [3.05, 3.63) is 52.1 Å². The number of pyridine rings is 2. The Bertz CT molecular complexity index is 945. The van der Waals surface area contributed by atoms with Crippen molar-refractivity contribution in [1.82, 2.24) is 19.8 Å². The van der Waals surface area contributed by atoms with Gasteiger partial charge in [-0.15, -0.1) is 0 Å². The van der Waals surface area contributed by atoms with Crippen LogP contribution in [0.4, 0.5) is 0 Å². The lowest BCUT2D eigenvalue weighted by Crippen LogP contribution is -2.44. The first-order chi connectivity index (χ1) is 13.2. The third-order valence-corrected chi connectivity index (χ3v) is 6.17. The first-order valence-corrected chi connectivity index (χ1v) is 9.91. The summed E-state index contributed by atoms with van der Waals surface area (Å²) >= 11 is 0. The third-order valence-electron chi connectivity index (χ3n) is 6.17. The number of carbonyl (C=O) groups is 1. The van der Waals surface area contributed by atoms with Crippen LogP contribution >= 0.6 is 0 Å². The second-order valence-electron chi connectivity index (χ2n) is 7.97. The van der Waals surface area contributed by atoms with E-state index in [4.69, 9.17) is 0 Å². The molecule has 2 aromatic rings. The second kappa shape index (κ2) is 6.60. The molecule has 0 saturated carbocycles. The second-order valence-corrected chi connectivity index (χ2v) is 7.97. The van der Waals surface area contributed by atoms with Crippen LogP contribution in [0.1, 0.15) is 41.2 Å². The van der Waals surface area contributed by atoms with Crippen molar-refractivity contribution >= 4 is 5.91 Å². The van der Waals surface area contributed by atoms with Crippen molar-refractivity contribution in [3.63, 3.8) is 0 Å². The predicted octanol–water partition coefficient (Wildman–Crippen LogP) is 1.85. The van der Waals surface area contributed by atoms with E-state index in [1.165, 1.54) is 0 Å². The Balaban J connectivity index is 1.59. The van der Waals surface area contributed by atoms with Crippen molar-refractivity contribution in [1.29, 1.82) is 0 Å². The van der Waals surface area contributed by atoms with Gasteiger partial charge in [-0.1, -0.05) is 0 Å². The normalized spacial score (nSPS) is 23.9. The Morgan fingerprint density at radius 1 is 1.19 bits per heavy atom. The van der Waals surface area contributed by atoms with Crippen molar-refractivity contribution in [3.8, 4) is 11.3 Å².